The number of hydrogen-bond acceptors (Lipinski definition) is 3. The minimum atomic E-state index is -0.326. The zero-order valence-electron chi connectivity index (χ0n) is 16.7. The van der Waals surface area contributed by atoms with Gasteiger partial charge in [0, 0.05) is 10.4 Å². The van der Waals surface area contributed by atoms with Gasteiger partial charge in [0.1, 0.15) is 5.70 Å². The molecule has 0 saturated carbocycles. The van der Waals surface area contributed by atoms with E-state index in [1.165, 1.54) is 11.3 Å². The molecule has 1 aromatic heterocycles. The molecule has 148 valence electrons. The molecule has 2 aromatic carbocycles. The lowest BCUT2D eigenvalue weighted by atomic mass is 10.1. The van der Waals surface area contributed by atoms with Crippen LogP contribution in [0.5, 0.6) is 0 Å². The number of amides is 2. The predicted molar refractivity (Wildman–Crippen MR) is 119 cm³/mol. The SMILES string of the molecule is Cc1ccc([C@H](C)NC(=O)/C(=C/c2cccs2)NC(=O)c2cccc(C)c2)cc1. The Bertz CT molecular complexity index is 1020. The van der Waals surface area contributed by atoms with Crippen molar-refractivity contribution in [3.63, 3.8) is 0 Å². The third-order valence-corrected chi connectivity index (χ3v) is 5.35. The third kappa shape index (κ3) is 5.65. The van der Waals surface area contributed by atoms with E-state index < -0.39 is 0 Å². The minimum absolute atomic E-state index is 0.189. The molecule has 0 bridgehead atoms. The van der Waals surface area contributed by atoms with Crippen LogP contribution in [-0.2, 0) is 4.79 Å². The fraction of sp³-hybridized carbons (Fsp3) is 0.167. The predicted octanol–water partition coefficient (Wildman–Crippen LogP) is 5.01. The van der Waals surface area contributed by atoms with Crippen LogP contribution < -0.4 is 10.6 Å². The molecule has 0 fully saturated rings. The summed E-state index contributed by atoms with van der Waals surface area (Å²) in [5, 5.41) is 7.69. The zero-order valence-corrected chi connectivity index (χ0v) is 17.5. The average molecular weight is 405 g/mol. The van der Waals surface area contributed by atoms with Crippen molar-refractivity contribution in [3.8, 4) is 0 Å². The van der Waals surface area contributed by atoms with Gasteiger partial charge in [-0.25, -0.2) is 0 Å². The van der Waals surface area contributed by atoms with Gasteiger partial charge in [0.15, 0.2) is 0 Å². The number of carbonyl (C=O) groups excluding carboxylic acids is 2. The fourth-order valence-electron chi connectivity index (χ4n) is 2.87. The molecule has 0 aliphatic heterocycles. The van der Waals surface area contributed by atoms with E-state index in [1.807, 2.05) is 74.7 Å². The maximum atomic E-state index is 13.0. The molecule has 0 radical (unpaired) electrons. The number of nitrogens with one attached hydrogen (secondary N) is 2. The quantitative estimate of drug-likeness (QED) is 0.567. The normalized spacial score (nSPS) is 12.3. The highest BCUT2D eigenvalue weighted by Crippen LogP contribution is 2.16. The molecule has 1 atom stereocenters. The van der Waals surface area contributed by atoms with Crippen LogP contribution in [0.4, 0.5) is 0 Å². The van der Waals surface area contributed by atoms with Crippen LogP contribution in [0, 0.1) is 13.8 Å². The van der Waals surface area contributed by atoms with Gasteiger partial charge in [0.05, 0.1) is 6.04 Å². The highest BCUT2D eigenvalue weighted by Gasteiger charge is 2.17. The summed E-state index contributed by atoms with van der Waals surface area (Å²) < 4.78 is 0. The standard InChI is InChI=1S/C24H24N2O2S/c1-16-9-11-19(12-10-16)18(3)25-24(28)22(15-21-8-5-13-29-21)26-23(27)20-7-4-6-17(2)14-20/h4-15,18H,1-3H3,(H,25,28)(H,26,27)/b22-15-/t18-/m0/s1. The van der Waals surface area contributed by atoms with Crippen molar-refractivity contribution < 1.29 is 9.59 Å². The van der Waals surface area contributed by atoms with Crippen molar-refractivity contribution in [1.82, 2.24) is 10.6 Å². The first kappa shape index (κ1) is 20.6. The molecule has 4 nitrogen and oxygen atoms in total. The van der Waals surface area contributed by atoms with Crippen molar-refractivity contribution in [2.45, 2.75) is 26.8 Å². The number of hydrogen-bond donors (Lipinski definition) is 2. The van der Waals surface area contributed by atoms with Crippen molar-refractivity contribution in [3.05, 3.63) is 98.9 Å². The Morgan fingerprint density at radius 3 is 2.38 bits per heavy atom. The molecule has 2 amide bonds. The van der Waals surface area contributed by atoms with Gasteiger partial charge >= 0.3 is 0 Å². The molecular formula is C24H24N2O2S. The van der Waals surface area contributed by atoms with Gasteiger partial charge in [-0.05, 0) is 56.0 Å². The molecule has 5 heteroatoms. The van der Waals surface area contributed by atoms with Crippen LogP contribution in [0.1, 0.15) is 44.9 Å². The van der Waals surface area contributed by atoms with Gasteiger partial charge in [-0.3, -0.25) is 9.59 Å². The van der Waals surface area contributed by atoms with E-state index >= 15 is 0 Å². The van der Waals surface area contributed by atoms with Crippen molar-refractivity contribution >= 4 is 29.2 Å². The Balaban J connectivity index is 1.80. The van der Waals surface area contributed by atoms with Gasteiger partial charge in [-0.2, -0.15) is 0 Å². The Labute approximate surface area is 175 Å². The second-order valence-electron chi connectivity index (χ2n) is 7.00. The number of rotatable bonds is 6. The average Bonchev–Trinajstić information content (AvgIpc) is 3.21. The van der Waals surface area contributed by atoms with Gasteiger partial charge < -0.3 is 10.6 Å². The largest absolute Gasteiger partial charge is 0.344 e. The van der Waals surface area contributed by atoms with Gasteiger partial charge in [0.2, 0.25) is 0 Å². The summed E-state index contributed by atoms with van der Waals surface area (Å²) in [5.74, 6) is -0.637. The lowest BCUT2D eigenvalue weighted by Crippen LogP contribution is -2.36. The van der Waals surface area contributed by atoms with Crippen molar-refractivity contribution in [1.29, 1.82) is 0 Å². The number of carbonyl (C=O) groups is 2. The summed E-state index contributed by atoms with van der Waals surface area (Å²) in [7, 11) is 0. The molecule has 0 aliphatic rings. The second kappa shape index (κ2) is 9.34. The summed E-state index contributed by atoms with van der Waals surface area (Å²) >= 11 is 1.50. The molecule has 0 unspecified atom stereocenters. The Morgan fingerprint density at radius 1 is 0.966 bits per heavy atom. The summed E-state index contributed by atoms with van der Waals surface area (Å²) in [6, 6.07) is 18.9. The zero-order chi connectivity index (χ0) is 20.8. The van der Waals surface area contributed by atoms with Crippen LogP contribution >= 0.6 is 11.3 Å². The Hall–Kier alpha value is -3.18. The Morgan fingerprint density at radius 2 is 1.72 bits per heavy atom. The first-order chi connectivity index (χ1) is 13.9. The van der Waals surface area contributed by atoms with E-state index in [2.05, 4.69) is 10.6 Å². The molecule has 29 heavy (non-hydrogen) atoms. The highest BCUT2D eigenvalue weighted by atomic mass is 32.1. The van der Waals surface area contributed by atoms with Crippen molar-refractivity contribution in [2.24, 2.45) is 0 Å². The summed E-state index contributed by atoms with van der Waals surface area (Å²) in [4.78, 5) is 26.6. The minimum Gasteiger partial charge on any atom is -0.344 e. The molecule has 2 N–H and O–H groups in total. The van der Waals surface area contributed by atoms with E-state index in [4.69, 9.17) is 0 Å². The smallest absolute Gasteiger partial charge is 0.268 e. The summed E-state index contributed by atoms with van der Waals surface area (Å²) in [6.07, 6.45) is 1.70. The number of benzene rings is 2. The van der Waals surface area contributed by atoms with E-state index in [0.29, 0.717) is 5.56 Å². The topological polar surface area (TPSA) is 58.2 Å². The molecule has 1 heterocycles. The first-order valence-electron chi connectivity index (χ1n) is 9.43. The van der Waals surface area contributed by atoms with E-state index in [1.54, 1.807) is 18.2 Å². The lowest BCUT2D eigenvalue weighted by molar-refractivity contribution is -0.118. The monoisotopic (exact) mass is 404 g/mol. The maximum absolute atomic E-state index is 13.0. The van der Waals surface area contributed by atoms with Gasteiger partial charge in [-0.1, -0.05) is 53.6 Å². The van der Waals surface area contributed by atoms with Crippen LogP contribution in [0.15, 0.2) is 71.7 Å². The van der Waals surface area contributed by atoms with E-state index in [0.717, 1.165) is 21.6 Å². The molecule has 0 aliphatic carbocycles. The Kier molecular flexibility index (Phi) is 6.62. The van der Waals surface area contributed by atoms with Gasteiger partial charge in [-0.15, -0.1) is 11.3 Å². The third-order valence-electron chi connectivity index (χ3n) is 4.53. The summed E-state index contributed by atoms with van der Waals surface area (Å²) in [5.41, 5.74) is 3.89. The van der Waals surface area contributed by atoms with Gasteiger partial charge in [0.25, 0.3) is 11.8 Å². The molecule has 0 spiro atoms. The van der Waals surface area contributed by atoms with Crippen LogP contribution in [0.25, 0.3) is 6.08 Å². The van der Waals surface area contributed by atoms with Crippen LogP contribution in [-0.4, -0.2) is 11.8 Å². The number of aryl methyl sites for hydroxylation is 2. The van der Waals surface area contributed by atoms with E-state index in [-0.39, 0.29) is 23.6 Å². The molecule has 3 rings (SSSR count). The summed E-state index contributed by atoms with van der Waals surface area (Å²) in [6.45, 7) is 5.87. The first-order valence-corrected chi connectivity index (χ1v) is 10.3. The molecular weight excluding hydrogens is 380 g/mol. The van der Waals surface area contributed by atoms with Crippen LogP contribution in [0.2, 0.25) is 0 Å². The maximum Gasteiger partial charge on any atom is 0.268 e. The lowest BCUT2D eigenvalue weighted by Gasteiger charge is -2.17. The fourth-order valence-corrected chi connectivity index (χ4v) is 3.52. The number of thiophene rings is 1. The second-order valence-corrected chi connectivity index (χ2v) is 7.98. The molecule has 3 aromatic rings. The van der Waals surface area contributed by atoms with Crippen molar-refractivity contribution in [2.75, 3.05) is 0 Å². The van der Waals surface area contributed by atoms with Crippen LogP contribution in [0.3, 0.4) is 0 Å². The van der Waals surface area contributed by atoms with E-state index in [9.17, 15) is 9.59 Å². The highest BCUT2D eigenvalue weighted by molar-refractivity contribution is 7.10. The molecule has 0 saturated heterocycles.